The van der Waals surface area contributed by atoms with Crippen LogP contribution in [-0.2, 0) is 9.59 Å². The van der Waals surface area contributed by atoms with Crippen LogP contribution in [0.15, 0.2) is 0 Å². The van der Waals surface area contributed by atoms with E-state index < -0.39 is 0 Å². The van der Waals surface area contributed by atoms with Crippen molar-refractivity contribution in [2.24, 2.45) is 5.73 Å². The van der Waals surface area contributed by atoms with Crippen LogP contribution in [-0.4, -0.2) is 53.8 Å². The van der Waals surface area contributed by atoms with Gasteiger partial charge in [0, 0.05) is 19.6 Å². The number of hydrogen-bond donors (Lipinski definition) is 1. The number of likely N-dealkylation sites (tertiary alicyclic amines) is 2. The van der Waals surface area contributed by atoms with Gasteiger partial charge in [-0.05, 0) is 19.4 Å². The molecular weight excluding hydrogens is 194 g/mol. The van der Waals surface area contributed by atoms with Gasteiger partial charge in [-0.25, -0.2) is 0 Å². The summed E-state index contributed by atoms with van der Waals surface area (Å²) in [7, 11) is 1.55. The molecule has 0 aliphatic carbocycles. The lowest BCUT2D eigenvalue weighted by molar-refractivity contribution is -0.138. The third kappa shape index (κ3) is 1.89. The van der Waals surface area contributed by atoms with E-state index in [9.17, 15) is 9.59 Å². The van der Waals surface area contributed by atoms with E-state index in [2.05, 4.69) is 4.90 Å². The van der Waals surface area contributed by atoms with Gasteiger partial charge < -0.3 is 5.73 Å². The molecule has 5 nitrogen and oxygen atoms in total. The van der Waals surface area contributed by atoms with Gasteiger partial charge in [0.05, 0.1) is 12.5 Å². The SMILES string of the molecule is CN1C(=O)CC(N2CCC[C@@H](N)C2)C1=O. The zero-order valence-electron chi connectivity index (χ0n) is 8.98. The second-order valence-electron chi connectivity index (χ2n) is 4.41. The molecule has 2 aliphatic heterocycles. The number of likely N-dealkylation sites (N-methyl/N-ethyl adjacent to an activating group) is 1. The summed E-state index contributed by atoms with van der Waals surface area (Å²) in [6, 6.07) is -0.110. The zero-order chi connectivity index (χ0) is 11.0. The number of nitrogens with two attached hydrogens (primary N) is 1. The third-order valence-electron chi connectivity index (χ3n) is 3.29. The molecule has 2 saturated heterocycles. The molecule has 0 saturated carbocycles. The van der Waals surface area contributed by atoms with E-state index in [0.29, 0.717) is 6.42 Å². The lowest BCUT2D eigenvalue weighted by Gasteiger charge is -2.33. The van der Waals surface area contributed by atoms with Gasteiger partial charge in [-0.3, -0.25) is 19.4 Å². The van der Waals surface area contributed by atoms with Gasteiger partial charge in [0.2, 0.25) is 11.8 Å². The van der Waals surface area contributed by atoms with Gasteiger partial charge >= 0.3 is 0 Å². The predicted molar refractivity (Wildman–Crippen MR) is 55.0 cm³/mol. The van der Waals surface area contributed by atoms with Gasteiger partial charge in [-0.15, -0.1) is 0 Å². The van der Waals surface area contributed by atoms with E-state index in [4.69, 9.17) is 5.73 Å². The number of rotatable bonds is 1. The van der Waals surface area contributed by atoms with Crippen LogP contribution in [0.25, 0.3) is 0 Å². The molecule has 2 heterocycles. The number of piperidine rings is 1. The molecule has 2 N–H and O–H groups in total. The summed E-state index contributed by atoms with van der Waals surface area (Å²) >= 11 is 0. The van der Waals surface area contributed by atoms with Crippen LogP contribution in [0.5, 0.6) is 0 Å². The molecular formula is C10H17N3O2. The Hall–Kier alpha value is -0.940. The van der Waals surface area contributed by atoms with Crippen molar-refractivity contribution < 1.29 is 9.59 Å². The number of nitrogens with zero attached hydrogens (tertiary/aromatic N) is 2. The fourth-order valence-corrected chi connectivity index (χ4v) is 2.34. The topological polar surface area (TPSA) is 66.6 Å². The fourth-order valence-electron chi connectivity index (χ4n) is 2.34. The second kappa shape index (κ2) is 3.90. The molecule has 84 valence electrons. The normalized spacial score (nSPS) is 33.9. The fraction of sp³-hybridized carbons (Fsp3) is 0.800. The summed E-state index contributed by atoms with van der Waals surface area (Å²) in [6.07, 6.45) is 2.35. The highest BCUT2D eigenvalue weighted by Gasteiger charge is 2.40. The molecule has 2 aliphatic rings. The summed E-state index contributed by atoms with van der Waals surface area (Å²) in [5.74, 6) is -0.154. The van der Waals surface area contributed by atoms with E-state index in [1.54, 1.807) is 7.05 Å². The maximum absolute atomic E-state index is 11.7. The first-order valence-corrected chi connectivity index (χ1v) is 5.39. The quantitative estimate of drug-likeness (QED) is 0.575. The molecule has 2 atom stereocenters. The molecule has 0 spiro atoms. The molecule has 5 heteroatoms. The summed E-state index contributed by atoms with van der Waals surface area (Å²) in [5.41, 5.74) is 5.86. The van der Waals surface area contributed by atoms with Crippen LogP contribution < -0.4 is 5.73 Å². The van der Waals surface area contributed by atoms with E-state index in [-0.39, 0.29) is 23.9 Å². The second-order valence-corrected chi connectivity index (χ2v) is 4.41. The van der Waals surface area contributed by atoms with Crippen LogP contribution in [0.3, 0.4) is 0 Å². The first kappa shape index (κ1) is 10.6. The molecule has 0 aromatic heterocycles. The van der Waals surface area contributed by atoms with Crippen LogP contribution in [0, 0.1) is 0 Å². The molecule has 2 rings (SSSR count). The van der Waals surface area contributed by atoms with Crippen molar-refractivity contribution in [2.45, 2.75) is 31.3 Å². The van der Waals surface area contributed by atoms with E-state index in [1.807, 2.05) is 0 Å². The highest BCUT2D eigenvalue weighted by molar-refractivity contribution is 6.05. The number of carbonyl (C=O) groups is 2. The minimum atomic E-state index is -0.256. The van der Waals surface area contributed by atoms with Crippen LogP contribution in [0.2, 0.25) is 0 Å². The zero-order valence-corrected chi connectivity index (χ0v) is 8.98. The molecule has 0 bridgehead atoms. The van der Waals surface area contributed by atoms with Crippen molar-refractivity contribution in [1.29, 1.82) is 0 Å². The predicted octanol–water partition coefficient (Wildman–Crippen LogP) is -0.833. The Morgan fingerprint density at radius 3 is 2.67 bits per heavy atom. The van der Waals surface area contributed by atoms with Crippen molar-refractivity contribution in [3.8, 4) is 0 Å². The van der Waals surface area contributed by atoms with Gasteiger partial charge in [-0.2, -0.15) is 0 Å². The maximum atomic E-state index is 11.7. The number of amides is 2. The maximum Gasteiger partial charge on any atom is 0.246 e. The molecule has 0 radical (unpaired) electrons. The van der Waals surface area contributed by atoms with Crippen molar-refractivity contribution in [1.82, 2.24) is 9.80 Å². The highest BCUT2D eigenvalue weighted by Crippen LogP contribution is 2.20. The van der Waals surface area contributed by atoms with Crippen LogP contribution in [0.4, 0.5) is 0 Å². The molecule has 0 aromatic carbocycles. The Kier molecular flexibility index (Phi) is 2.75. The summed E-state index contributed by atoms with van der Waals surface area (Å²) in [6.45, 7) is 1.61. The van der Waals surface area contributed by atoms with Crippen molar-refractivity contribution in [3.63, 3.8) is 0 Å². The molecule has 2 amide bonds. The van der Waals surface area contributed by atoms with E-state index >= 15 is 0 Å². The number of hydrogen-bond acceptors (Lipinski definition) is 4. The lowest BCUT2D eigenvalue weighted by atomic mass is 10.0. The smallest absolute Gasteiger partial charge is 0.246 e. The van der Waals surface area contributed by atoms with Gasteiger partial charge in [0.1, 0.15) is 0 Å². The summed E-state index contributed by atoms with van der Waals surface area (Å²) in [5, 5.41) is 0. The van der Waals surface area contributed by atoms with Crippen LogP contribution in [0.1, 0.15) is 19.3 Å². The standard InChI is InChI=1S/C10H17N3O2/c1-12-9(14)5-8(10(12)15)13-4-2-3-7(11)6-13/h7-8H,2-6,11H2,1H3/t7-,8?/m1/s1. The van der Waals surface area contributed by atoms with Crippen LogP contribution >= 0.6 is 0 Å². The molecule has 1 unspecified atom stereocenters. The summed E-state index contributed by atoms with van der Waals surface area (Å²) in [4.78, 5) is 26.4. The third-order valence-corrected chi connectivity index (χ3v) is 3.29. The lowest BCUT2D eigenvalue weighted by Crippen LogP contribution is -2.50. The Morgan fingerprint density at radius 2 is 2.13 bits per heavy atom. The minimum Gasteiger partial charge on any atom is -0.327 e. The van der Waals surface area contributed by atoms with Gasteiger partial charge in [0.15, 0.2) is 0 Å². The summed E-state index contributed by atoms with van der Waals surface area (Å²) < 4.78 is 0. The average Bonchev–Trinajstić information content (AvgIpc) is 2.46. The minimum absolute atomic E-state index is 0.0749. The Balaban J connectivity index is 2.05. The number of carbonyl (C=O) groups excluding carboxylic acids is 2. The molecule has 15 heavy (non-hydrogen) atoms. The Bertz CT molecular complexity index is 292. The van der Waals surface area contributed by atoms with E-state index in [0.717, 1.165) is 25.9 Å². The highest BCUT2D eigenvalue weighted by atomic mass is 16.2. The molecule has 2 fully saturated rings. The first-order valence-electron chi connectivity index (χ1n) is 5.39. The monoisotopic (exact) mass is 211 g/mol. The first-order chi connectivity index (χ1) is 7.09. The van der Waals surface area contributed by atoms with Gasteiger partial charge in [-0.1, -0.05) is 0 Å². The average molecular weight is 211 g/mol. The Morgan fingerprint density at radius 1 is 1.40 bits per heavy atom. The van der Waals surface area contributed by atoms with Gasteiger partial charge in [0.25, 0.3) is 0 Å². The molecule has 0 aromatic rings. The van der Waals surface area contributed by atoms with Crippen molar-refractivity contribution >= 4 is 11.8 Å². The largest absolute Gasteiger partial charge is 0.327 e. The van der Waals surface area contributed by atoms with E-state index in [1.165, 1.54) is 4.90 Å². The number of imide groups is 1. The van der Waals surface area contributed by atoms with Crippen molar-refractivity contribution in [2.75, 3.05) is 20.1 Å². The van der Waals surface area contributed by atoms with Crippen molar-refractivity contribution in [3.05, 3.63) is 0 Å². The Labute approximate surface area is 89.2 Å².